The highest BCUT2D eigenvalue weighted by molar-refractivity contribution is 5.95. The molecule has 150 valence electrons. The second kappa shape index (κ2) is 8.53. The molecule has 0 unspecified atom stereocenters. The normalized spacial score (nSPS) is 14.8. The number of hydrogen-bond acceptors (Lipinski definition) is 5. The van der Waals surface area contributed by atoms with Crippen molar-refractivity contribution in [2.24, 2.45) is 0 Å². The lowest BCUT2D eigenvalue weighted by Gasteiger charge is -2.34. The Kier molecular flexibility index (Phi) is 5.67. The monoisotopic (exact) mass is 390 g/mol. The van der Waals surface area contributed by atoms with Crippen molar-refractivity contribution in [1.29, 1.82) is 0 Å². The van der Waals surface area contributed by atoms with Crippen LogP contribution in [0.4, 0.5) is 5.69 Å². The Hall–Kier alpha value is -3.05. The van der Waals surface area contributed by atoms with Crippen LogP contribution in [0.3, 0.4) is 0 Å². The standard InChI is InChI=1S/C24H26N2O3/c1-25-12-14-26(15-13-25)23-5-3-4-19-10-11-21(16-22(19)23)29-17-18-6-8-20(9-7-18)24(27)28-2/h3-11,16H,12-15,17H2,1-2H3. The van der Waals surface area contributed by atoms with E-state index in [1.165, 1.54) is 23.6 Å². The number of methoxy groups -OCH3 is 1. The molecule has 1 aliphatic rings. The molecule has 0 spiro atoms. The Morgan fingerprint density at radius 1 is 0.966 bits per heavy atom. The van der Waals surface area contributed by atoms with Crippen molar-refractivity contribution >= 4 is 22.4 Å². The summed E-state index contributed by atoms with van der Waals surface area (Å²) < 4.78 is 10.8. The maximum Gasteiger partial charge on any atom is 0.337 e. The summed E-state index contributed by atoms with van der Waals surface area (Å²) in [5.74, 6) is 0.513. The molecular weight excluding hydrogens is 364 g/mol. The van der Waals surface area contributed by atoms with Gasteiger partial charge < -0.3 is 19.3 Å². The van der Waals surface area contributed by atoms with E-state index in [2.05, 4.69) is 47.2 Å². The van der Waals surface area contributed by atoms with Gasteiger partial charge in [0.1, 0.15) is 12.4 Å². The molecule has 3 aromatic carbocycles. The van der Waals surface area contributed by atoms with Crippen LogP contribution in [0.2, 0.25) is 0 Å². The number of likely N-dealkylation sites (N-methyl/N-ethyl adjacent to an activating group) is 1. The highest BCUT2D eigenvalue weighted by Gasteiger charge is 2.16. The zero-order chi connectivity index (χ0) is 20.2. The van der Waals surface area contributed by atoms with E-state index >= 15 is 0 Å². The van der Waals surface area contributed by atoms with Gasteiger partial charge in [0.2, 0.25) is 0 Å². The van der Waals surface area contributed by atoms with Gasteiger partial charge in [0, 0.05) is 37.3 Å². The van der Waals surface area contributed by atoms with E-state index in [4.69, 9.17) is 9.47 Å². The van der Waals surface area contributed by atoms with Gasteiger partial charge in [0.15, 0.2) is 0 Å². The van der Waals surface area contributed by atoms with Crippen LogP contribution in [0.5, 0.6) is 5.75 Å². The van der Waals surface area contributed by atoms with Gasteiger partial charge in [-0.05, 0) is 48.3 Å². The van der Waals surface area contributed by atoms with Gasteiger partial charge in [-0.15, -0.1) is 0 Å². The molecule has 1 fully saturated rings. The third-order valence-corrected chi connectivity index (χ3v) is 5.46. The van der Waals surface area contributed by atoms with Crippen molar-refractivity contribution in [1.82, 2.24) is 4.90 Å². The smallest absolute Gasteiger partial charge is 0.337 e. The van der Waals surface area contributed by atoms with E-state index < -0.39 is 0 Å². The molecule has 0 aliphatic carbocycles. The number of carbonyl (C=O) groups is 1. The van der Waals surface area contributed by atoms with Crippen molar-refractivity contribution in [3.8, 4) is 5.75 Å². The number of piperazine rings is 1. The number of ether oxygens (including phenoxy) is 2. The summed E-state index contributed by atoms with van der Waals surface area (Å²) in [5, 5.41) is 2.44. The van der Waals surface area contributed by atoms with Gasteiger partial charge in [-0.1, -0.05) is 30.3 Å². The van der Waals surface area contributed by atoms with Crippen LogP contribution in [0, 0.1) is 0 Å². The van der Waals surface area contributed by atoms with Gasteiger partial charge in [-0.25, -0.2) is 4.79 Å². The number of carbonyl (C=O) groups excluding carboxylic acids is 1. The van der Waals surface area contributed by atoms with Crippen molar-refractivity contribution in [3.63, 3.8) is 0 Å². The van der Waals surface area contributed by atoms with Gasteiger partial charge >= 0.3 is 5.97 Å². The van der Waals surface area contributed by atoms with Crippen LogP contribution in [0.1, 0.15) is 15.9 Å². The second-order valence-corrected chi connectivity index (χ2v) is 7.43. The summed E-state index contributed by atoms with van der Waals surface area (Å²) in [4.78, 5) is 16.4. The lowest BCUT2D eigenvalue weighted by Crippen LogP contribution is -2.44. The Bertz CT molecular complexity index is 993. The van der Waals surface area contributed by atoms with Crippen LogP contribution in [-0.2, 0) is 11.3 Å². The minimum absolute atomic E-state index is 0.330. The Balaban J connectivity index is 1.51. The Morgan fingerprint density at radius 3 is 2.45 bits per heavy atom. The van der Waals surface area contributed by atoms with Crippen LogP contribution >= 0.6 is 0 Å². The van der Waals surface area contributed by atoms with Gasteiger partial charge in [0.05, 0.1) is 12.7 Å². The van der Waals surface area contributed by atoms with Crippen LogP contribution < -0.4 is 9.64 Å². The molecule has 29 heavy (non-hydrogen) atoms. The summed E-state index contributed by atoms with van der Waals surface area (Å²) in [6.07, 6.45) is 0. The van der Waals surface area contributed by atoms with E-state index in [1.54, 1.807) is 12.1 Å². The molecule has 1 aliphatic heterocycles. The maximum atomic E-state index is 11.5. The minimum Gasteiger partial charge on any atom is -0.489 e. The summed E-state index contributed by atoms with van der Waals surface area (Å²) in [5.41, 5.74) is 2.81. The highest BCUT2D eigenvalue weighted by Crippen LogP contribution is 2.31. The first kappa shape index (κ1) is 19.3. The Morgan fingerprint density at radius 2 is 1.72 bits per heavy atom. The molecule has 4 rings (SSSR count). The molecule has 0 amide bonds. The predicted molar refractivity (Wildman–Crippen MR) is 116 cm³/mol. The van der Waals surface area contributed by atoms with E-state index in [9.17, 15) is 4.79 Å². The third kappa shape index (κ3) is 4.35. The topological polar surface area (TPSA) is 42.0 Å². The zero-order valence-electron chi connectivity index (χ0n) is 16.9. The molecule has 0 bridgehead atoms. The third-order valence-electron chi connectivity index (χ3n) is 5.46. The van der Waals surface area contributed by atoms with Crippen LogP contribution in [0.15, 0.2) is 60.7 Å². The lowest BCUT2D eigenvalue weighted by atomic mass is 10.1. The molecule has 3 aromatic rings. The Labute approximate surface area is 171 Å². The molecule has 0 atom stereocenters. The van der Waals surface area contributed by atoms with Gasteiger partial charge in [-0.2, -0.15) is 0 Å². The zero-order valence-corrected chi connectivity index (χ0v) is 16.9. The van der Waals surface area contributed by atoms with E-state index in [-0.39, 0.29) is 5.97 Å². The number of hydrogen-bond donors (Lipinski definition) is 0. The minimum atomic E-state index is -0.330. The van der Waals surface area contributed by atoms with E-state index in [1.807, 2.05) is 18.2 Å². The fourth-order valence-electron chi connectivity index (χ4n) is 3.67. The molecule has 5 heteroatoms. The maximum absolute atomic E-state index is 11.5. The van der Waals surface area contributed by atoms with Crippen LogP contribution in [0.25, 0.3) is 10.8 Å². The summed E-state index contributed by atoms with van der Waals surface area (Å²) in [6.45, 7) is 4.67. The van der Waals surface area contributed by atoms with Crippen molar-refractivity contribution in [3.05, 3.63) is 71.8 Å². The summed E-state index contributed by atoms with van der Waals surface area (Å²) in [6, 6.07) is 20.0. The molecular formula is C24H26N2O3. The van der Waals surface area contributed by atoms with Crippen molar-refractivity contribution in [2.75, 3.05) is 45.2 Å². The largest absolute Gasteiger partial charge is 0.489 e. The van der Waals surface area contributed by atoms with Gasteiger partial charge in [0.25, 0.3) is 0 Å². The second-order valence-electron chi connectivity index (χ2n) is 7.43. The number of anilines is 1. The predicted octanol–water partition coefficient (Wildman–Crippen LogP) is 3.96. The molecule has 0 N–H and O–H groups in total. The number of benzene rings is 3. The average Bonchev–Trinajstić information content (AvgIpc) is 2.77. The number of rotatable bonds is 5. The first-order valence-corrected chi connectivity index (χ1v) is 9.90. The van der Waals surface area contributed by atoms with Crippen LogP contribution in [-0.4, -0.2) is 51.2 Å². The fraction of sp³-hybridized carbons (Fsp3) is 0.292. The summed E-state index contributed by atoms with van der Waals surface area (Å²) >= 11 is 0. The molecule has 1 heterocycles. The number of fused-ring (bicyclic) bond motifs is 1. The van der Waals surface area contributed by atoms with E-state index in [0.29, 0.717) is 12.2 Å². The SMILES string of the molecule is COC(=O)c1ccc(COc2ccc3cccc(N4CCN(C)CC4)c3c2)cc1. The fourth-order valence-corrected chi connectivity index (χ4v) is 3.67. The van der Waals surface area contributed by atoms with Crippen molar-refractivity contribution < 1.29 is 14.3 Å². The lowest BCUT2D eigenvalue weighted by molar-refractivity contribution is 0.0600. The molecule has 0 radical (unpaired) electrons. The first-order valence-electron chi connectivity index (χ1n) is 9.90. The average molecular weight is 390 g/mol. The molecule has 1 saturated heterocycles. The first-order chi connectivity index (χ1) is 14.1. The molecule has 5 nitrogen and oxygen atoms in total. The molecule has 0 aromatic heterocycles. The highest BCUT2D eigenvalue weighted by atomic mass is 16.5. The number of nitrogens with zero attached hydrogens (tertiary/aromatic N) is 2. The molecule has 0 saturated carbocycles. The quantitative estimate of drug-likeness (QED) is 0.617. The van der Waals surface area contributed by atoms with Crippen molar-refractivity contribution in [2.45, 2.75) is 6.61 Å². The summed E-state index contributed by atoms with van der Waals surface area (Å²) in [7, 11) is 3.56. The van der Waals surface area contributed by atoms with E-state index in [0.717, 1.165) is 37.5 Å². The van der Waals surface area contributed by atoms with Gasteiger partial charge in [-0.3, -0.25) is 0 Å². The number of esters is 1.